The summed E-state index contributed by atoms with van der Waals surface area (Å²) >= 11 is 14.8. The Balaban J connectivity index is 1.49. The molecule has 7 heteroatoms. The van der Waals surface area contributed by atoms with Crippen LogP contribution in [0.4, 0.5) is 5.13 Å². The lowest BCUT2D eigenvalue weighted by molar-refractivity contribution is 0.102. The van der Waals surface area contributed by atoms with Crippen molar-refractivity contribution in [3.05, 3.63) is 80.3 Å². The fourth-order valence-corrected chi connectivity index (χ4v) is 4.77. The zero-order chi connectivity index (χ0) is 18.8. The van der Waals surface area contributed by atoms with E-state index in [2.05, 4.69) is 10.3 Å². The van der Waals surface area contributed by atoms with E-state index >= 15 is 0 Å². The van der Waals surface area contributed by atoms with E-state index in [1.54, 1.807) is 6.07 Å². The maximum atomic E-state index is 12.5. The van der Waals surface area contributed by atoms with Crippen LogP contribution in [-0.2, 0) is 0 Å². The van der Waals surface area contributed by atoms with Gasteiger partial charge in [-0.1, -0.05) is 65.7 Å². The normalized spacial score (nSPS) is 10.7. The number of carbonyl (C=O) groups is 1. The van der Waals surface area contributed by atoms with Gasteiger partial charge in [-0.2, -0.15) is 0 Å². The molecular weight excluding hydrogens is 419 g/mol. The molecule has 0 atom stereocenters. The van der Waals surface area contributed by atoms with Crippen LogP contribution < -0.4 is 5.32 Å². The van der Waals surface area contributed by atoms with Gasteiger partial charge in [-0.15, -0.1) is 22.7 Å². The second-order valence-corrected chi connectivity index (χ2v) is 8.82. The van der Waals surface area contributed by atoms with E-state index in [0.29, 0.717) is 25.1 Å². The van der Waals surface area contributed by atoms with Gasteiger partial charge in [0.15, 0.2) is 5.13 Å². The van der Waals surface area contributed by atoms with E-state index in [1.807, 2.05) is 60.0 Å². The van der Waals surface area contributed by atoms with Crippen LogP contribution in [0, 0.1) is 0 Å². The topological polar surface area (TPSA) is 42.0 Å². The number of nitrogens with zero attached hydrogens (tertiary/aromatic N) is 1. The molecule has 1 amide bonds. The maximum Gasteiger partial charge on any atom is 0.257 e. The van der Waals surface area contributed by atoms with Gasteiger partial charge in [-0.3, -0.25) is 10.1 Å². The molecule has 134 valence electrons. The van der Waals surface area contributed by atoms with Crippen LogP contribution >= 0.6 is 45.9 Å². The van der Waals surface area contributed by atoms with Gasteiger partial charge >= 0.3 is 0 Å². The Morgan fingerprint density at radius 3 is 2.33 bits per heavy atom. The van der Waals surface area contributed by atoms with Gasteiger partial charge in [0.1, 0.15) is 4.34 Å². The van der Waals surface area contributed by atoms with E-state index in [4.69, 9.17) is 23.2 Å². The summed E-state index contributed by atoms with van der Waals surface area (Å²) in [6, 6.07) is 19.3. The highest BCUT2D eigenvalue weighted by molar-refractivity contribution is 7.20. The van der Waals surface area contributed by atoms with E-state index in [-0.39, 0.29) is 5.91 Å². The molecule has 27 heavy (non-hydrogen) atoms. The number of carbonyl (C=O) groups excluding carboxylic acids is 1. The number of amides is 1. The van der Waals surface area contributed by atoms with Crippen molar-refractivity contribution in [2.75, 3.05) is 5.32 Å². The summed E-state index contributed by atoms with van der Waals surface area (Å²) in [6.45, 7) is 0. The Labute approximate surface area is 174 Å². The average Bonchev–Trinajstić information content (AvgIpc) is 3.28. The first-order valence-corrected chi connectivity index (χ1v) is 10.4. The standard InChI is InChI=1S/C20H12Cl2N2OS2/c21-17-10-15(18(22)27-17)16-11-26-20(23-16)24-19(25)14-8-6-13(7-9-14)12-4-2-1-3-5-12/h1-11H,(H,23,24,25). The predicted molar refractivity (Wildman–Crippen MR) is 115 cm³/mol. The molecule has 0 saturated heterocycles. The molecule has 0 saturated carbocycles. The Morgan fingerprint density at radius 1 is 0.963 bits per heavy atom. The van der Waals surface area contributed by atoms with E-state index < -0.39 is 0 Å². The summed E-state index contributed by atoms with van der Waals surface area (Å²) in [5, 5.41) is 5.19. The van der Waals surface area contributed by atoms with Crippen molar-refractivity contribution in [1.29, 1.82) is 0 Å². The highest BCUT2D eigenvalue weighted by atomic mass is 35.5. The number of benzene rings is 2. The number of thiophene rings is 1. The molecule has 2 heterocycles. The number of hydrogen-bond acceptors (Lipinski definition) is 4. The molecule has 0 radical (unpaired) electrons. The van der Waals surface area contributed by atoms with Gasteiger partial charge in [-0.25, -0.2) is 4.98 Å². The Kier molecular flexibility index (Phi) is 5.27. The maximum absolute atomic E-state index is 12.5. The van der Waals surface area contributed by atoms with Crippen molar-refractivity contribution in [2.24, 2.45) is 0 Å². The van der Waals surface area contributed by atoms with Crippen LogP contribution in [0.1, 0.15) is 10.4 Å². The average molecular weight is 431 g/mol. The second-order valence-electron chi connectivity index (χ2n) is 5.67. The molecule has 2 aromatic heterocycles. The van der Waals surface area contributed by atoms with E-state index in [9.17, 15) is 4.79 Å². The lowest BCUT2D eigenvalue weighted by Crippen LogP contribution is -2.11. The molecular formula is C20H12Cl2N2OS2. The molecule has 0 bridgehead atoms. The van der Waals surface area contributed by atoms with Crippen molar-refractivity contribution in [3.8, 4) is 22.4 Å². The number of thiazole rings is 1. The molecule has 0 fully saturated rings. The fraction of sp³-hybridized carbons (Fsp3) is 0. The van der Waals surface area contributed by atoms with Crippen LogP contribution in [0.2, 0.25) is 8.67 Å². The van der Waals surface area contributed by atoms with E-state index in [1.165, 1.54) is 22.7 Å². The lowest BCUT2D eigenvalue weighted by Gasteiger charge is -2.04. The Bertz CT molecular complexity index is 1090. The van der Waals surface area contributed by atoms with Crippen LogP contribution in [0.25, 0.3) is 22.4 Å². The molecule has 0 aliphatic heterocycles. The minimum atomic E-state index is -0.204. The summed E-state index contributed by atoms with van der Waals surface area (Å²) in [7, 11) is 0. The largest absolute Gasteiger partial charge is 0.298 e. The molecule has 2 aromatic carbocycles. The van der Waals surface area contributed by atoms with Crippen molar-refractivity contribution in [1.82, 2.24) is 4.98 Å². The highest BCUT2D eigenvalue weighted by Gasteiger charge is 2.14. The predicted octanol–water partition coefficient (Wildman–Crippen LogP) is 7.10. The van der Waals surface area contributed by atoms with Crippen molar-refractivity contribution in [2.45, 2.75) is 0 Å². The first kappa shape index (κ1) is 18.2. The summed E-state index contributed by atoms with van der Waals surface area (Å²) < 4.78 is 1.19. The van der Waals surface area contributed by atoms with Crippen LogP contribution in [-0.4, -0.2) is 10.9 Å². The number of halogens is 2. The molecule has 0 unspecified atom stereocenters. The minimum absolute atomic E-state index is 0.204. The third kappa shape index (κ3) is 4.06. The van der Waals surface area contributed by atoms with Gasteiger partial charge in [-0.05, 0) is 29.3 Å². The van der Waals surface area contributed by atoms with Crippen molar-refractivity contribution < 1.29 is 4.79 Å². The first-order chi connectivity index (χ1) is 13.1. The summed E-state index contributed by atoms with van der Waals surface area (Å²) in [6.07, 6.45) is 0. The molecule has 4 rings (SSSR count). The zero-order valence-corrected chi connectivity index (χ0v) is 16.9. The number of anilines is 1. The number of aromatic nitrogens is 1. The summed E-state index contributed by atoms with van der Waals surface area (Å²) in [5.41, 5.74) is 4.22. The monoisotopic (exact) mass is 430 g/mol. The van der Waals surface area contributed by atoms with Gasteiger partial charge in [0.05, 0.1) is 10.0 Å². The second kappa shape index (κ2) is 7.82. The van der Waals surface area contributed by atoms with Gasteiger partial charge in [0.25, 0.3) is 5.91 Å². The van der Waals surface area contributed by atoms with Crippen molar-refractivity contribution in [3.63, 3.8) is 0 Å². The van der Waals surface area contributed by atoms with Crippen LogP contribution in [0.3, 0.4) is 0 Å². The van der Waals surface area contributed by atoms with Gasteiger partial charge < -0.3 is 0 Å². The molecule has 0 aliphatic carbocycles. The third-order valence-corrected chi connectivity index (χ3v) is 6.16. The smallest absolute Gasteiger partial charge is 0.257 e. The number of nitrogens with one attached hydrogen (secondary N) is 1. The fourth-order valence-electron chi connectivity index (χ4n) is 2.58. The Hall–Kier alpha value is -2.18. The third-order valence-electron chi connectivity index (χ3n) is 3.91. The summed E-state index contributed by atoms with van der Waals surface area (Å²) in [5.74, 6) is -0.204. The van der Waals surface area contributed by atoms with Crippen LogP contribution in [0.5, 0.6) is 0 Å². The van der Waals surface area contributed by atoms with Gasteiger partial charge in [0.2, 0.25) is 0 Å². The zero-order valence-electron chi connectivity index (χ0n) is 13.8. The van der Waals surface area contributed by atoms with Crippen molar-refractivity contribution >= 4 is 56.9 Å². The first-order valence-electron chi connectivity index (χ1n) is 7.98. The van der Waals surface area contributed by atoms with E-state index in [0.717, 1.165) is 16.7 Å². The molecule has 1 N–H and O–H groups in total. The molecule has 3 nitrogen and oxygen atoms in total. The number of rotatable bonds is 4. The minimum Gasteiger partial charge on any atom is -0.298 e. The van der Waals surface area contributed by atoms with Crippen LogP contribution in [0.15, 0.2) is 66.0 Å². The highest BCUT2D eigenvalue weighted by Crippen LogP contribution is 2.39. The SMILES string of the molecule is O=C(Nc1nc(-c2cc(Cl)sc2Cl)cs1)c1ccc(-c2ccccc2)cc1. The van der Waals surface area contributed by atoms with Gasteiger partial charge in [0, 0.05) is 16.5 Å². The number of hydrogen-bond donors (Lipinski definition) is 1. The quantitative estimate of drug-likeness (QED) is 0.375. The summed E-state index contributed by atoms with van der Waals surface area (Å²) in [4.78, 5) is 16.9. The molecule has 4 aromatic rings. The Morgan fingerprint density at radius 2 is 1.67 bits per heavy atom. The lowest BCUT2D eigenvalue weighted by atomic mass is 10.0. The molecule has 0 spiro atoms. The molecule has 0 aliphatic rings.